The molecule has 114 valence electrons. The Morgan fingerprint density at radius 1 is 1.33 bits per heavy atom. The number of fused-ring (bicyclic) bond motifs is 1. The molecule has 1 amide bonds. The van der Waals surface area contributed by atoms with E-state index in [4.69, 9.17) is 39.2 Å². The van der Waals surface area contributed by atoms with Crippen LogP contribution < -0.4 is 5.32 Å². The number of alkyl halides is 3. The molecule has 1 N–H and O–H groups in total. The number of nitrogens with one attached hydrogen (secondary N) is 1. The Bertz CT molecular complexity index is 607. The van der Waals surface area contributed by atoms with Crippen molar-refractivity contribution < 1.29 is 9.21 Å². The Morgan fingerprint density at radius 3 is 2.57 bits per heavy atom. The van der Waals surface area contributed by atoms with Crippen molar-refractivity contribution in [2.75, 3.05) is 0 Å². The van der Waals surface area contributed by atoms with Crippen molar-refractivity contribution >= 4 is 63.6 Å². The molecule has 1 heterocycles. The first-order valence-corrected chi connectivity index (χ1v) is 8.18. The molecule has 0 saturated carbocycles. The predicted octanol–water partition coefficient (Wildman–Crippen LogP) is 4.39. The molecule has 1 unspecified atom stereocenters. The lowest BCUT2D eigenvalue weighted by Gasteiger charge is -2.24. The summed E-state index contributed by atoms with van der Waals surface area (Å²) in [4.78, 5) is 16.1. The molecule has 0 fully saturated rings. The molecule has 21 heavy (non-hydrogen) atoms. The lowest BCUT2D eigenvalue weighted by atomic mass is 10.2. The van der Waals surface area contributed by atoms with Gasteiger partial charge in [0.25, 0.3) is 5.22 Å². The van der Waals surface area contributed by atoms with Crippen molar-refractivity contribution in [1.29, 1.82) is 0 Å². The van der Waals surface area contributed by atoms with Crippen LogP contribution >= 0.6 is 46.6 Å². The highest BCUT2D eigenvalue weighted by atomic mass is 35.6. The van der Waals surface area contributed by atoms with Gasteiger partial charge in [0.1, 0.15) is 10.9 Å². The van der Waals surface area contributed by atoms with E-state index in [2.05, 4.69) is 10.3 Å². The van der Waals surface area contributed by atoms with E-state index in [1.54, 1.807) is 19.9 Å². The summed E-state index contributed by atoms with van der Waals surface area (Å²) in [6, 6.07) is 7.31. The first-order chi connectivity index (χ1) is 9.77. The zero-order valence-electron chi connectivity index (χ0n) is 11.3. The Morgan fingerprint density at radius 2 is 2.00 bits per heavy atom. The van der Waals surface area contributed by atoms with Crippen LogP contribution in [0.15, 0.2) is 33.9 Å². The van der Waals surface area contributed by atoms with E-state index in [0.717, 1.165) is 11.8 Å². The molecule has 1 aromatic carbocycles. The van der Waals surface area contributed by atoms with Gasteiger partial charge < -0.3 is 9.73 Å². The van der Waals surface area contributed by atoms with Crippen LogP contribution in [0.3, 0.4) is 0 Å². The zero-order chi connectivity index (χ0) is 15.6. The van der Waals surface area contributed by atoms with Gasteiger partial charge in [0, 0.05) is 5.92 Å². The van der Waals surface area contributed by atoms with E-state index in [-0.39, 0.29) is 11.8 Å². The minimum atomic E-state index is -1.68. The molecule has 0 bridgehead atoms. The first-order valence-electron chi connectivity index (χ1n) is 6.16. The number of oxazole rings is 1. The number of carbonyl (C=O) groups excluding carboxylic acids is 1. The number of aromatic nitrogens is 1. The maximum atomic E-state index is 11.8. The van der Waals surface area contributed by atoms with Gasteiger partial charge >= 0.3 is 0 Å². The van der Waals surface area contributed by atoms with Crippen LogP contribution in [0.5, 0.6) is 0 Å². The Labute approximate surface area is 141 Å². The van der Waals surface area contributed by atoms with Gasteiger partial charge in [-0.25, -0.2) is 4.98 Å². The second-order valence-electron chi connectivity index (χ2n) is 4.65. The topological polar surface area (TPSA) is 55.1 Å². The lowest BCUT2D eigenvalue weighted by Crippen LogP contribution is -2.43. The van der Waals surface area contributed by atoms with Crippen molar-refractivity contribution in [2.45, 2.75) is 28.2 Å². The highest BCUT2D eigenvalue weighted by molar-refractivity contribution is 8.00. The summed E-state index contributed by atoms with van der Waals surface area (Å²) in [5.74, 6) is -0.431. The second-order valence-corrected chi connectivity index (χ2v) is 8.08. The summed E-state index contributed by atoms with van der Waals surface area (Å²) in [5.41, 5.74) is 1.34. The largest absolute Gasteiger partial charge is 0.431 e. The molecule has 0 aliphatic heterocycles. The van der Waals surface area contributed by atoms with Gasteiger partial charge in [-0.1, -0.05) is 60.8 Å². The van der Waals surface area contributed by atoms with Crippen LogP contribution in [-0.2, 0) is 4.79 Å². The number of hydrogen-bond donors (Lipinski definition) is 1. The third kappa shape index (κ3) is 4.42. The van der Waals surface area contributed by atoms with E-state index in [1.165, 1.54) is 0 Å². The number of halogens is 3. The molecule has 8 heteroatoms. The molecule has 2 rings (SSSR count). The fraction of sp³-hybridized carbons (Fsp3) is 0.385. The molecule has 0 aliphatic carbocycles. The highest BCUT2D eigenvalue weighted by Gasteiger charge is 2.36. The second kappa shape index (κ2) is 6.65. The monoisotopic (exact) mass is 366 g/mol. The summed E-state index contributed by atoms with van der Waals surface area (Å²) in [7, 11) is 0. The van der Waals surface area contributed by atoms with Crippen molar-refractivity contribution in [1.82, 2.24) is 10.3 Å². The van der Waals surface area contributed by atoms with Gasteiger partial charge in [0.15, 0.2) is 5.58 Å². The van der Waals surface area contributed by atoms with Crippen LogP contribution in [0.2, 0.25) is 0 Å². The van der Waals surface area contributed by atoms with Crippen LogP contribution in [0.1, 0.15) is 13.8 Å². The van der Waals surface area contributed by atoms with E-state index in [9.17, 15) is 4.79 Å². The number of rotatable bonds is 4. The summed E-state index contributed by atoms with van der Waals surface area (Å²) < 4.78 is 3.88. The van der Waals surface area contributed by atoms with Gasteiger partial charge in [0.05, 0.1) is 0 Å². The molecule has 0 radical (unpaired) electrons. The van der Waals surface area contributed by atoms with Gasteiger partial charge in [-0.05, 0) is 23.9 Å². The molecule has 2 aromatic rings. The number of para-hydroxylation sites is 2. The van der Waals surface area contributed by atoms with Gasteiger partial charge in [-0.15, -0.1) is 0 Å². The third-order valence-corrected chi connectivity index (χ3v) is 4.71. The third-order valence-electron chi connectivity index (χ3n) is 2.59. The average Bonchev–Trinajstić information content (AvgIpc) is 2.78. The number of nitrogens with zero attached hydrogens (tertiary/aromatic N) is 1. The smallest absolute Gasteiger partial charge is 0.258 e. The molecule has 0 aliphatic rings. The lowest BCUT2D eigenvalue weighted by molar-refractivity contribution is -0.124. The van der Waals surface area contributed by atoms with Crippen molar-refractivity contribution in [3.8, 4) is 0 Å². The van der Waals surface area contributed by atoms with Gasteiger partial charge in [0.2, 0.25) is 9.70 Å². The molecule has 1 aromatic heterocycles. The molecule has 4 nitrogen and oxygen atoms in total. The van der Waals surface area contributed by atoms with Crippen molar-refractivity contribution in [2.24, 2.45) is 5.92 Å². The first kappa shape index (κ1) is 16.7. The minimum absolute atomic E-state index is 0.213. The van der Waals surface area contributed by atoms with E-state index in [0.29, 0.717) is 16.3 Å². The quantitative estimate of drug-likeness (QED) is 0.495. The summed E-state index contributed by atoms with van der Waals surface area (Å²) >= 11 is 18.8. The Kier molecular flexibility index (Phi) is 5.30. The maximum Gasteiger partial charge on any atom is 0.258 e. The summed E-state index contributed by atoms with van der Waals surface area (Å²) in [6.45, 7) is 3.52. The Balaban J connectivity index is 2.20. The molecule has 0 saturated heterocycles. The fourth-order valence-corrected chi connectivity index (χ4v) is 2.84. The fourth-order valence-electron chi connectivity index (χ4n) is 1.48. The van der Waals surface area contributed by atoms with E-state index >= 15 is 0 Å². The van der Waals surface area contributed by atoms with Crippen LogP contribution in [0.4, 0.5) is 0 Å². The average molecular weight is 368 g/mol. The van der Waals surface area contributed by atoms with Crippen molar-refractivity contribution in [3.05, 3.63) is 24.3 Å². The van der Waals surface area contributed by atoms with Crippen molar-refractivity contribution in [3.63, 3.8) is 0 Å². The molecule has 1 atom stereocenters. The van der Waals surface area contributed by atoms with Gasteiger partial charge in [-0.3, -0.25) is 4.79 Å². The number of carbonyl (C=O) groups is 1. The number of benzene rings is 1. The van der Waals surface area contributed by atoms with Crippen LogP contribution in [-0.4, -0.2) is 20.1 Å². The van der Waals surface area contributed by atoms with E-state index in [1.807, 2.05) is 18.2 Å². The maximum absolute atomic E-state index is 11.8. The van der Waals surface area contributed by atoms with E-state index < -0.39 is 9.17 Å². The molecular formula is C13H13Cl3N2O2S. The number of amides is 1. The van der Waals surface area contributed by atoms with Gasteiger partial charge in [-0.2, -0.15) is 0 Å². The zero-order valence-corrected chi connectivity index (χ0v) is 14.4. The Hall–Kier alpha value is -0.620. The standard InChI is InChI=1S/C13H13Cl3N2O2S/c1-7(2)10(19)18-11(13(14,15)16)21-12-17-8-5-3-4-6-9(8)20-12/h3-7,11H,1-2H3,(H,18,19). The number of hydrogen-bond acceptors (Lipinski definition) is 4. The number of thioether (sulfide) groups is 1. The summed E-state index contributed by atoms with van der Waals surface area (Å²) in [6.07, 6.45) is 0. The SMILES string of the molecule is CC(C)C(=O)NC(Sc1nc2ccccc2o1)C(Cl)(Cl)Cl. The molecule has 0 spiro atoms. The minimum Gasteiger partial charge on any atom is -0.431 e. The van der Waals surface area contributed by atoms with Crippen LogP contribution in [0.25, 0.3) is 11.1 Å². The highest BCUT2D eigenvalue weighted by Crippen LogP contribution is 2.39. The summed E-state index contributed by atoms with van der Waals surface area (Å²) in [5, 5.41) is 2.21. The van der Waals surface area contributed by atoms with Crippen LogP contribution in [0, 0.1) is 5.92 Å². The molecular weight excluding hydrogens is 355 g/mol. The predicted molar refractivity (Wildman–Crippen MR) is 86.9 cm³/mol. The normalized spacial score (nSPS) is 13.6.